The molecule has 3 heterocycles. The molecule has 3 aliphatic heterocycles. The average Bonchev–Trinajstić information content (AvgIpc) is 2.55. The Morgan fingerprint density at radius 3 is 2.62 bits per heavy atom. The van der Waals surface area contributed by atoms with E-state index < -0.39 is 5.54 Å². The number of carbonyl (C=O) groups is 1. The van der Waals surface area contributed by atoms with Crippen LogP contribution in [0.15, 0.2) is 30.8 Å². The molecule has 0 spiro atoms. The molecule has 0 aliphatic carbocycles. The third-order valence-electron chi connectivity index (χ3n) is 5.35. The minimum Gasteiger partial charge on any atom is -0.445 e. The summed E-state index contributed by atoms with van der Waals surface area (Å²) in [5, 5.41) is 3.04. The fourth-order valence-corrected chi connectivity index (χ4v) is 3.71. The van der Waals surface area contributed by atoms with Gasteiger partial charge < -0.3 is 10.1 Å². The first-order valence-electron chi connectivity index (χ1n) is 8.83. The zero-order chi connectivity index (χ0) is 17.3. The Balaban J connectivity index is 1.64. The molecule has 0 saturated carbocycles. The van der Waals surface area contributed by atoms with Gasteiger partial charge in [0.1, 0.15) is 6.10 Å². The Labute approximate surface area is 144 Å². The van der Waals surface area contributed by atoms with Crippen LogP contribution in [0.5, 0.6) is 0 Å². The molecule has 4 heteroatoms. The predicted octanol–water partition coefficient (Wildman–Crippen LogP) is 3.78. The van der Waals surface area contributed by atoms with Crippen molar-refractivity contribution in [3.8, 4) is 0 Å². The first-order chi connectivity index (χ1) is 11.3. The van der Waals surface area contributed by atoms with Gasteiger partial charge in [0.05, 0.1) is 5.54 Å². The molecular formula is C20H28N2O2. The van der Waals surface area contributed by atoms with E-state index in [1.807, 2.05) is 39.0 Å². The van der Waals surface area contributed by atoms with Gasteiger partial charge in [-0.1, -0.05) is 30.4 Å². The molecule has 1 amide bonds. The van der Waals surface area contributed by atoms with Gasteiger partial charge in [-0.05, 0) is 69.8 Å². The van der Waals surface area contributed by atoms with E-state index in [1.54, 1.807) is 0 Å². The molecule has 1 aromatic carbocycles. The number of fused-ring (bicyclic) bond motifs is 3. The van der Waals surface area contributed by atoms with Crippen LogP contribution in [0.2, 0.25) is 0 Å². The van der Waals surface area contributed by atoms with Gasteiger partial charge in [0, 0.05) is 6.54 Å². The molecule has 4 nitrogen and oxygen atoms in total. The Bertz CT molecular complexity index is 630. The van der Waals surface area contributed by atoms with E-state index in [9.17, 15) is 4.79 Å². The minimum atomic E-state index is -0.490. The molecule has 1 aromatic rings. The summed E-state index contributed by atoms with van der Waals surface area (Å²) in [6.45, 7) is 13.2. The van der Waals surface area contributed by atoms with E-state index in [4.69, 9.17) is 4.74 Å². The number of allylic oxidation sites excluding steroid dienone is 1. The number of ether oxygens (including phenoxy) is 1. The minimum absolute atomic E-state index is 0.0325. The molecule has 3 fully saturated rings. The molecule has 1 atom stereocenters. The maximum atomic E-state index is 12.4. The van der Waals surface area contributed by atoms with E-state index in [-0.39, 0.29) is 12.2 Å². The van der Waals surface area contributed by atoms with Crippen LogP contribution in [0.3, 0.4) is 0 Å². The molecule has 2 bridgehead atoms. The molecule has 0 radical (unpaired) electrons. The number of amides is 1. The maximum Gasteiger partial charge on any atom is 0.408 e. The van der Waals surface area contributed by atoms with Crippen molar-refractivity contribution in [1.82, 2.24) is 10.2 Å². The lowest BCUT2D eigenvalue weighted by atomic mass is 9.86. The lowest BCUT2D eigenvalue weighted by Gasteiger charge is -2.44. The van der Waals surface area contributed by atoms with Gasteiger partial charge in [0.15, 0.2) is 0 Å². The monoisotopic (exact) mass is 328 g/mol. The van der Waals surface area contributed by atoms with Crippen LogP contribution in [0.25, 0.3) is 5.57 Å². The summed E-state index contributed by atoms with van der Waals surface area (Å²) in [4.78, 5) is 14.8. The van der Waals surface area contributed by atoms with Gasteiger partial charge in [-0.25, -0.2) is 4.79 Å². The summed E-state index contributed by atoms with van der Waals surface area (Å²) in [6, 6.07) is 8.15. The Morgan fingerprint density at radius 2 is 2.04 bits per heavy atom. The molecule has 3 saturated heterocycles. The van der Waals surface area contributed by atoms with Gasteiger partial charge in [-0.3, -0.25) is 4.90 Å². The van der Waals surface area contributed by atoms with Crippen LogP contribution in [-0.4, -0.2) is 36.7 Å². The molecular weight excluding hydrogens is 300 g/mol. The second-order valence-corrected chi connectivity index (χ2v) is 7.69. The molecule has 0 aromatic heterocycles. The number of benzene rings is 1. The smallest absolute Gasteiger partial charge is 0.408 e. The lowest BCUT2D eigenvalue weighted by Crippen LogP contribution is -2.53. The van der Waals surface area contributed by atoms with Crippen molar-refractivity contribution in [3.63, 3.8) is 0 Å². The number of hydrogen-bond acceptors (Lipinski definition) is 3. The summed E-state index contributed by atoms with van der Waals surface area (Å²) in [5.74, 6) is 0.524. The van der Waals surface area contributed by atoms with Crippen molar-refractivity contribution < 1.29 is 9.53 Å². The number of nitrogens with one attached hydrogen (secondary N) is 1. The van der Waals surface area contributed by atoms with Crippen LogP contribution < -0.4 is 5.32 Å². The number of nitrogens with zero attached hydrogens (tertiary/aromatic N) is 1. The fraction of sp³-hybridized carbons (Fsp3) is 0.550. The van der Waals surface area contributed by atoms with Gasteiger partial charge in [-0.2, -0.15) is 0 Å². The number of hydrogen-bond donors (Lipinski definition) is 1. The normalized spacial score (nSPS) is 26.0. The van der Waals surface area contributed by atoms with Crippen LogP contribution in [0.4, 0.5) is 4.79 Å². The Morgan fingerprint density at radius 1 is 1.33 bits per heavy atom. The van der Waals surface area contributed by atoms with Crippen molar-refractivity contribution in [2.45, 2.75) is 45.3 Å². The van der Waals surface area contributed by atoms with Crippen LogP contribution >= 0.6 is 0 Å². The number of alkyl carbamates (subject to hydrolysis) is 1. The highest BCUT2D eigenvalue weighted by Gasteiger charge is 2.37. The van der Waals surface area contributed by atoms with E-state index in [0.717, 1.165) is 49.2 Å². The standard InChI is InChI=1S/C20H28N2O2/c1-14(2)16-6-5-7-17(12-16)20(3,4)21-19(23)24-18-13-22-10-8-15(18)9-11-22/h5-7,12,15,18H,1,8-11,13H2,2-4H3,(H,21,23). The first-order valence-corrected chi connectivity index (χ1v) is 8.83. The molecule has 24 heavy (non-hydrogen) atoms. The molecule has 3 aliphatic rings. The zero-order valence-corrected chi connectivity index (χ0v) is 15.0. The molecule has 4 rings (SSSR count). The molecule has 1 N–H and O–H groups in total. The summed E-state index contributed by atoms with van der Waals surface area (Å²) in [7, 11) is 0. The summed E-state index contributed by atoms with van der Waals surface area (Å²) in [6.07, 6.45) is 1.99. The van der Waals surface area contributed by atoms with Gasteiger partial charge in [-0.15, -0.1) is 0 Å². The van der Waals surface area contributed by atoms with Crippen molar-refractivity contribution >= 4 is 11.7 Å². The van der Waals surface area contributed by atoms with Crippen molar-refractivity contribution in [3.05, 3.63) is 42.0 Å². The van der Waals surface area contributed by atoms with Crippen LogP contribution in [0, 0.1) is 5.92 Å². The summed E-state index contributed by atoms with van der Waals surface area (Å²) >= 11 is 0. The Hall–Kier alpha value is -1.81. The van der Waals surface area contributed by atoms with Crippen molar-refractivity contribution in [2.24, 2.45) is 5.92 Å². The molecule has 1 unspecified atom stereocenters. The topological polar surface area (TPSA) is 41.6 Å². The van der Waals surface area contributed by atoms with Crippen molar-refractivity contribution in [1.29, 1.82) is 0 Å². The quantitative estimate of drug-likeness (QED) is 0.914. The lowest BCUT2D eigenvalue weighted by molar-refractivity contribution is -0.0349. The van der Waals surface area contributed by atoms with Crippen LogP contribution in [0.1, 0.15) is 44.7 Å². The SMILES string of the molecule is C=C(C)c1cccc(C(C)(C)NC(=O)OC2CN3CCC2CC3)c1. The third-order valence-corrected chi connectivity index (χ3v) is 5.35. The highest BCUT2D eigenvalue weighted by atomic mass is 16.6. The van der Waals surface area contributed by atoms with E-state index in [0.29, 0.717) is 5.92 Å². The highest BCUT2D eigenvalue weighted by Crippen LogP contribution is 2.30. The van der Waals surface area contributed by atoms with Gasteiger partial charge >= 0.3 is 6.09 Å². The summed E-state index contributed by atoms with van der Waals surface area (Å²) in [5.41, 5.74) is 2.67. The van der Waals surface area contributed by atoms with Gasteiger partial charge in [0.25, 0.3) is 0 Å². The van der Waals surface area contributed by atoms with E-state index >= 15 is 0 Å². The van der Waals surface area contributed by atoms with Gasteiger partial charge in [0.2, 0.25) is 0 Å². The van der Waals surface area contributed by atoms with Crippen LogP contribution in [-0.2, 0) is 10.3 Å². The fourth-order valence-electron chi connectivity index (χ4n) is 3.71. The average molecular weight is 328 g/mol. The predicted molar refractivity (Wildman–Crippen MR) is 96.7 cm³/mol. The largest absolute Gasteiger partial charge is 0.445 e. The second kappa shape index (κ2) is 6.60. The van der Waals surface area contributed by atoms with Crippen molar-refractivity contribution in [2.75, 3.05) is 19.6 Å². The third kappa shape index (κ3) is 3.64. The van der Waals surface area contributed by atoms with E-state index in [1.165, 1.54) is 0 Å². The first kappa shape index (κ1) is 17.0. The number of carbonyl (C=O) groups excluding carboxylic acids is 1. The highest BCUT2D eigenvalue weighted by molar-refractivity contribution is 5.69. The Kier molecular flexibility index (Phi) is 4.68. The zero-order valence-electron chi connectivity index (χ0n) is 15.0. The maximum absolute atomic E-state index is 12.4. The number of piperidine rings is 3. The molecule has 130 valence electrons. The van der Waals surface area contributed by atoms with E-state index in [2.05, 4.69) is 22.9 Å². The number of rotatable bonds is 4. The second-order valence-electron chi connectivity index (χ2n) is 7.69. The summed E-state index contributed by atoms with van der Waals surface area (Å²) < 4.78 is 5.75.